The van der Waals surface area contributed by atoms with Crippen molar-refractivity contribution in [2.45, 2.75) is 33.8 Å². The number of sulfonamides is 1. The minimum atomic E-state index is -3.31. The third kappa shape index (κ3) is 8.04. The minimum absolute atomic E-state index is 0.0316. The van der Waals surface area contributed by atoms with Gasteiger partial charge in [0, 0.05) is 18.6 Å². The van der Waals surface area contributed by atoms with Gasteiger partial charge in [0.2, 0.25) is 10.0 Å². The first-order valence-corrected chi connectivity index (χ1v) is 7.03. The lowest BCUT2D eigenvalue weighted by Gasteiger charge is -2.21. The molecule has 0 fully saturated rings. The van der Waals surface area contributed by atoms with Gasteiger partial charge in [-0.15, -0.1) is 0 Å². The van der Waals surface area contributed by atoms with Gasteiger partial charge < -0.3 is 9.84 Å². The van der Waals surface area contributed by atoms with Crippen LogP contribution in [0.25, 0.3) is 0 Å². The number of rotatable bonds is 8. The van der Waals surface area contributed by atoms with Crippen LogP contribution in [0.5, 0.6) is 0 Å². The van der Waals surface area contributed by atoms with E-state index in [1.54, 1.807) is 13.8 Å². The number of nitrogens with one attached hydrogen (secondary N) is 1. The Morgan fingerprint density at radius 1 is 1.38 bits per heavy atom. The zero-order valence-electron chi connectivity index (χ0n) is 10.5. The monoisotopic (exact) mass is 253 g/mol. The molecule has 0 aromatic carbocycles. The number of hydrogen-bond acceptors (Lipinski definition) is 4. The van der Waals surface area contributed by atoms with Gasteiger partial charge in [0.15, 0.2) is 0 Å². The summed E-state index contributed by atoms with van der Waals surface area (Å²) in [5, 5.41) is 8.98. The maximum absolute atomic E-state index is 11.5. The van der Waals surface area contributed by atoms with E-state index < -0.39 is 15.4 Å². The smallest absolute Gasteiger partial charge is 0.213 e. The molecule has 0 heterocycles. The van der Waals surface area contributed by atoms with Crippen LogP contribution >= 0.6 is 0 Å². The van der Waals surface area contributed by atoms with Crippen LogP contribution in [-0.2, 0) is 14.8 Å². The van der Waals surface area contributed by atoms with Crippen molar-refractivity contribution in [1.29, 1.82) is 0 Å². The highest BCUT2D eigenvalue weighted by Gasteiger charge is 2.20. The fourth-order valence-corrected chi connectivity index (χ4v) is 1.90. The molecule has 16 heavy (non-hydrogen) atoms. The van der Waals surface area contributed by atoms with E-state index in [0.29, 0.717) is 0 Å². The van der Waals surface area contributed by atoms with Crippen LogP contribution in [0.3, 0.4) is 0 Å². The first-order valence-electron chi connectivity index (χ1n) is 5.38. The summed E-state index contributed by atoms with van der Waals surface area (Å²) >= 11 is 0. The predicted molar refractivity (Wildman–Crippen MR) is 63.7 cm³/mol. The Balaban J connectivity index is 3.97. The summed E-state index contributed by atoms with van der Waals surface area (Å²) in [6.07, 6.45) is 0.0316. The van der Waals surface area contributed by atoms with Crippen molar-refractivity contribution in [2.75, 3.05) is 25.5 Å². The number of hydrogen-bond donors (Lipinski definition) is 2. The zero-order valence-corrected chi connectivity index (χ0v) is 11.3. The second-order valence-corrected chi connectivity index (χ2v) is 6.81. The summed E-state index contributed by atoms with van der Waals surface area (Å²) in [6, 6.07) is 0. The summed E-state index contributed by atoms with van der Waals surface area (Å²) in [4.78, 5) is 0. The highest BCUT2D eigenvalue weighted by atomic mass is 32.2. The molecule has 0 aliphatic carbocycles. The molecule has 0 aliphatic heterocycles. The number of ether oxygens (including phenoxy) is 1. The summed E-state index contributed by atoms with van der Waals surface area (Å²) in [5.74, 6) is -0.0489. The molecule has 0 saturated heterocycles. The standard InChI is InChI=1S/C10H23NO4S/c1-9(2)15-5-6-16(13,14)11-7-10(3,4)8-12/h9,11-12H,5-8H2,1-4H3. The van der Waals surface area contributed by atoms with E-state index in [1.165, 1.54) is 0 Å². The summed E-state index contributed by atoms with van der Waals surface area (Å²) in [5.41, 5.74) is -0.439. The largest absolute Gasteiger partial charge is 0.396 e. The van der Waals surface area contributed by atoms with E-state index in [4.69, 9.17) is 9.84 Å². The Labute approximate surface area is 98.2 Å². The molecule has 0 aliphatic rings. The van der Waals surface area contributed by atoms with Crippen molar-refractivity contribution >= 4 is 10.0 Å². The van der Waals surface area contributed by atoms with Crippen LogP contribution in [0.2, 0.25) is 0 Å². The van der Waals surface area contributed by atoms with Crippen molar-refractivity contribution in [3.8, 4) is 0 Å². The summed E-state index contributed by atoms with van der Waals surface area (Å²) in [6.45, 7) is 7.65. The molecule has 0 aromatic rings. The molecular formula is C10H23NO4S. The first-order chi connectivity index (χ1) is 7.18. The van der Waals surface area contributed by atoms with E-state index in [2.05, 4.69) is 4.72 Å². The van der Waals surface area contributed by atoms with E-state index in [0.717, 1.165) is 0 Å². The van der Waals surface area contributed by atoms with Gasteiger partial charge in [0.25, 0.3) is 0 Å². The van der Waals surface area contributed by atoms with E-state index in [9.17, 15) is 8.42 Å². The maximum atomic E-state index is 11.5. The van der Waals surface area contributed by atoms with Gasteiger partial charge in [-0.05, 0) is 13.8 Å². The van der Waals surface area contributed by atoms with Gasteiger partial charge in [-0.3, -0.25) is 0 Å². The molecule has 6 heteroatoms. The second kappa shape index (κ2) is 6.54. The first kappa shape index (κ1) is 15.8. The van der Waals surface area contributed by atoms with Gasteiger partial charge in [0.1, 0.15) is 0 Å². The molecule has 0 radical (unpaired) electrons. The van der Waals surface area contributed by atoms with Crippen LogP contribution < -0.4 is 4.72 Å². The van der Waals surface area contributed by atoms with E-state index >= 15 is 0 Å². The summed E-state index contributed by atoms with van der Waals surface area (Å²) in [7, 11) is -3.31. The van der Waals surface area contributed by atoms with Gasteiger partial charge in [-0.25, -0.2) is 13.1 Å². The maximum Gasteiger partial charge on any atom is 0.213 e. The Bertz CT molecular complexity index is 285. The van der Waals surface area contributed by atoms with Crippen LogP contribution in [-0.4, -0.2) is 45.1 Å². The molecule has 0 spiro atoms. The Kier molecular flexibility index (Phi) is 6.47. The quantitative estimate of drug-likeness (QED) is 0.654. The van der Waals surface area contributed by atoms with Crippen molar-refractivity contribution in [1.82, 2.24) is 4.72 Å². The van der Waals surface area contributed by atoms with Crippen LogP contribution in [0, 0.1) is 5.41 Å². The summed E-state index contributed by atoms with van der Waals surface area (Å²) < 4.78 is 30.6. The van der Waals surface area contributed by atoms with Gasteiger partial charge in [-0.2, -0.15) is 0 Å². The van der Waals surface area contributed by atoms with Crippen LogP contribution in [0.4, 0.5) is 0 Å². The number of aliphatic hydroxyl groups is 1. The molecule has 0 amide bonds. The van der Waals surface area contributed by atoms with Gasteiger partial charge in [0.05, 0.1) is 18.5 Å². The average molecular weight is 253 g/mol. The SMILES string of the molecule is CC(C)OCCS(=O)(=O)NCC(C)(C)CO. The Morgan fingerprint density at radius 2 is 1.94 bits per heavy atom. The van der Waals surface area contributed by atoms with Crippen molar-refractivity contribution in [3.05, 3.63) is 0 Å². The van der Waals surface area contributed by atoms with Crippen molar-refractivity contribution in [3.63, 3.8) is 0 Å². The molecule has 0 bridgehead atoms. The normalized spacial score (nSPS) is 13.4. The van der Waals surface area contributed by atoms with Gasteiger partial charge >= 0.3 is 0 Å². The fourth-order valence-electron chi connectivity index (χ4n) is 0.827. The van der Waals surface area contributed by atoms with Crippen molar-refractivity contribution < 1.29 is 18.3 Å². The lowest BCUT2D eigenvalue weighted by atomic mass is 9.96. The Hall–Kier alpha value is -0.170. The topological polar surface area (TPSA) is 75.6 Å². The molecule has 0 aromatic heterocycles. The average Bonchev–Trinajstić information content (AvgIpc) is 2.14. The second-order valence-electron chi connectivity index (χ2n) is 4.88. The highest BCUT2D eigenvalue weighted by molar-refractivity contribution is 7.89. The molecule has 0 atom stereocenters. The lowest BCUT2D eigenvalue weighted by Crippen LogP contribution is -2.38. The lowest BCUT2D eigenvalue weighted by molar-refractivity contribution is 0.0910. The zero-order chi connectivity index (χ0) is 12.8. The van der Waals surface area contributed by atoms with Gasteiger partial charge in [-0.1, -0.05) is 13.8 Å². The van der Waals surface area contributed by atoms with Crippen LogP contribution in [0.1, 0.15) is 27.7 Å². The third-order valence-electron chi connectivity index (χ3n) is 2.00. The molecule has 98 valence electrons. The fraction of sp³-hybridized carbons (Fsp3) is 1.00. The molecule has 2 N–H and O–H groups in total. The predicted octanol–water partition coefficient (Wildman–Crippen LogP) is 0.349. The van der Waals surface area contributed by atoms with E-state index in [1.807, 2.05) is 13.8 Å². The highest BCUT2D eigenvalue weighted by Crippen LogP contribution is 2.11. The molecule has 0 saturated carbocycles. The van der Waals surface area contributed by atoms with Crippen LogP contribution in [0.15, 0.2) is 0 Å². The molecule has 0 unspecified atom stereocenters. The Morgan fingerprint density at radius 3 is 2.38 bits per heavy atom. The molecule has 5 nitrogen and oxygen atoms in total. The number of aliphatic hydroxyl groups excluding tert-OH is 1. The third-order valence-corrected chi connectivity index (χ3v) is 3.29. The van der Waals surface area contributed by atoms with E-state index in [-0.39, 0.29) is 31.6 Å². The molecular weight excluding hydrogens is 230 g/mol. The molecule has 0 rings (SSSR count). The van der Waals surface area contributed by atoms with Crippen molar-refractivity contribution in [2.24, 2.45) is 5.41 Å². The minimum Gasteiger partial charge on any atom is -0.396 e.